The van der Waals surface area contributed by atoms with Crippen LogP contribution in [0.15, 0.2) is 29.2 Å². The molecule has 2 amide bonds. The maximum absolute atomic E-state index is 13.1. The van der Waals surface area contributed by atoms with Gasteiger partial charge >= 0.3 is 0 Å². The molecule has 29 heavy (non-hydrogen) atoms. The van der Waals surface area contributed by atoms with Crippen LogP contribution in [0.2, 0.25) is 0 Å². The number of piperidine rings is 1. The Labute approximate surface area is 171 Å². The predicted molar refractivity (Wildman–Crippen MR) is 106 cm³/mol. The Morgan fingerprint density at radius 1 is 1.28 bits per heavy atom. The Bertz CT molecular complexity index is 810. The molecule has 0 saturated carbocycles. The van der Waals surface area contributed by atoms with Gasteiger partial charge in [-0.05, 0) is 49.4 Å². The largest absolute Gasteiger partial charge is 0.497 e. The van der Waals surface area contributed by atoms with E-state index >= 15 is 0 Å². The van der Waals surface area contributed by atoms with Gasteiger partial charge in [0.2, 0.25) is 15.9 Å². The average molecular weight is 428 g/mol. The summed E-state index contributed by atoms with van der Waals surface area (Å²) >= 11 is 0. The molecule has 1 saturated heterocycles. The molecule has 1 fully saturated rings. The number of nitrogens with one attached hydrogen (secondary N) is 2. The van der Waals surface area contributed by atoms with Gasteiger partial charge < -0.3 is 10.1 Å². The van der Waals surface area contributed by atoms with Crippen LogP contribution in [0.25, 0.3) is 0 Å². The highest BCUT2D eigenvalue weighted by atomic mass is 32.2. The van der Waals surface area contributed by atoms with Crippen LogP contribution in [0.4, 0.5) is 0 Å². The Hall–Kier alpha value is -2.17. The number of carbonyl (C=O) groups excluding carboxylic acids is 2. The van der Waals surface area contributed by atoms with E-state index in [0.29, 0.717) is 24.5 Å². The highest BCUT2D eigenvalue weighted by molar-refractivity contribution is 7.89. The molecule has 2 atom stereocenters. The highest BCUT2D eigenvalue weighted by Crippen LogP contribution is 2.27. The van der Waals surface area contributed by atoms with Crippen LogP contribution >= 0.6 is 0 Å². The zero-order chi connectivity index (χ0) is 21.6. The van der Waals surface area contributed by atoms with E-state index in [4.69, 9.17) is 9.94 Å². The Balaban J connectivity index is 2.16. The first-order valence-corrected chi connectivity index (χ1v) is 11.0. The van der Waals surface area contributed by atoms with Crippen LogP contribution < -0.4 is 15.5 Å². The number of benzene rings is 1. The number of hydroxylamine groups is 1. The summed E-state index contributed by atoms with van der Waals surface area (Å²) in [5.74, 6) is -0.0527. The van der Waals surface area contributed by atoms with Crippen LogP contribution in [0.1, 0.15) is 39.5 Å². The Kier molecular flexibility index (Phi) is 8.00. The van der Waals surface area contributed by atoms with E-state index in [1.54, 1.807) is 5.48 Å². The normalized spacial score (nSPS) is 20.3. The number of nitrogens with zero attached hydrogens (tertiary/aromatic N) is 1. The fourth-order valence-corrected chi connectivity index (χ4v) is 4.89. The lowest BCUT2D eigenvalue weighted by atomic mass is 9.98. The fraction of sp³-hybridized carbons (Fsp3) is 0.579. The molecule has 1 aromatic carbocycles. The molecule has 1 heterocycles. The van der Waals surface area contributed by atoms with Gasteiger partial charge in [0.1, 0.15) is 11.8 Å². The van der Waals surface area contributed by atoms with E-state index in [9.17, 15) is 18.0 Å². The van der Waals surface area contributed by atoms with Crippen molar-refractivity contribution in [2.75, 3.05) is 13.7 Å². The summed E-state index contributed by atoms with van der Waals surface area (Å²) in [7, 11) is -2.49. The topological polar surface area (TPSA) is 125 Å². The zero-order valence-corrected chi connectivity index (χ0v) is 17.7. The molecule has 9 nitrogen and oxygen atoms in total. The number of methoxy groups -OCH3 is 1. The molecule has 2 rings (SSSR count). The summed E-state index contributed by atoms with van der Waals surface area (Å²) in [6.07, 6.45) is 1.57. The highest BCUT2D eigenvalue weighted by Gasteiger charge is 2.41. The summed E-state index contributed by atoms with van der Waals surface area (Å²) in [6.45, 7) is 4.09. The van der Waals surface area contributed by atoms with Crippen LogP contribution in [0.3, 0.4) is 0 Å². The molecule has 1 aliphatic rings. The van der Waals surface area contributed by atoms with E-state index in [-0.39, 0.29) is 29.8 Å². The first-order chi connectivity index (χ1) is 13.7. The van der Waals surface area contributed by atoms with Crippen molar-refractivity contribution in [1.29, 1.82) is 0 Å². The van der Waals surface area contributed by atoms with Crippen LogP contribution in [0.5, 0.6) is 5.75 Å². The molecule has 1 aromatic rings. The van der Waals surface area contributed by atoms with Gasteiger partial charge in [0.05, 0.1) is 12.0 Å². The number of carbonyl (C=O) groups is 2. The lowest BCUT2D eigenvalue weighted by Crippen LogP contribution is -2.56. The SMILES string of the molecule is COc1ccc(S(=O)(=O)N2CC[C@@H](NC(=O)CCC(C)C)C[C@@H]2C(=O)NO)cc1. The van der Waals surface area contributed by atoms with Crippen molar-refractivity contribution in [2.45, 2.75) is 56.5 Å². The summed E-state index contributed by atoms with van der Waals surface area (Å²) in [5, 5.41) is 12.0. The quantitative estimate of drug-likeness (QED) is 0.424. The molecule has 0 radical (unpaired) electrons. The first kappa shape index (κ1) is 23.1. The summed E-state index contributed by atoms with van der Waals surface area (Å²) in [5.41, 5.74) is 1.54. The molecule has 0 aromatic heterocycles. The van der Waals surface area contributed by atoms with E-state index in [1.807, 2.05) is 13.8 Å². The summed E-state index contributed by atoms with van der Waals surface area (Å²) in [6, 6.07) is 4.38. The zero-order valence-electron chi connectivity index (χ0n) is 16.9. The average Bonchev–Trinajstić information content (AvgIpc) is 2.71. The van der Waals surface area contributed by atoms with Crippen molar-refractivity contribution in [3.05, 3.63) is 24.3 Å². The second-order valence-electron chi connectivity index (χ2n) is 7.50. The summed E-state index contributed by atoms with van der Waals surface area (Å²) in [4.78, 5) is 24.3. The minimum atomic E-state index is -3.97. The van der Waals surface area contributed by atoms with E-state index in [1.165, 1.54) is 31.4 Å². The van der Waals surface area contributed by atoms with Gasteiger partial charge in [-0.25, -0.2) is 13.9 Å². The van der Waals surface area contributed by atoms with Gasteiger partial charge in [0, 0.05) is 19.0 Å². The Morgan fingerprint density at radius 2 is 1.93 bits per heavy atom. The number of rotatable bonds is 8. The molecule has 0 unspecified atom stereocenters. The lowest BCUT2D eigenvalue weighted by Gasteiger charge is -2.37. The number of sulfonamides is 1. The molecule has 1 aliphatic heterocycles. The number of amides is 2. The molecule has 162 valence electrons. The van der Waals surface area contributed by atoms with Gasteiger partial charge in [-0.2, -0.15) is 4.31 Å². The van der Waals surface area contributed by atoms with Crippen molar-refractivity contribution in [3.8, 4) is 5.75 Å². The number of hydrogen-bond donors (Lipinski definition) is 3. The smallest absolute Gasteiger partial charge is 0.261 e. The fourth-order valence-electron chi connectivity index (χ4n) is 3.28. The third kappa shape index (κ3) is 5.91. The minimum absolute atomic E-state index is 0.0217. The molecule has 3 N–H and O–H groups in total. The number of hydrogen-bond acceptors (Lipinski definition) is 6. The molecule has 10 heteroatoms. The molecule has 0 spiro atoms. The van der Waals surface area contributed by atoms with Crippen LogP contribution in [-0.2, 0) is 19.6 Å². The van der Waals surface area contributed by atoms with Gasteiger partial charge in [0.15, 0.2) is 0 Å². The van der Waals surface area contributed by atoms with Crippen molar-refractivity contribution in [3.63, 3.8) is 0 Å². The van der Waals surface area contributed by atoms with E-state index in [0.717, 1.165) is 10.7 Å². The van der Waals surface area contributed by atoms with Crippen LogP contribution in [-0.4, -0.2) is 55.5 Å². The lowest BCUT2D eigenvalue weighted by molar-refractivity contribution is -0.135. The predicted octanol–water partition coefficient (Wildman–Crippen LogP) is 1.27. The van der Waals surface area contributed by atoms with E-state index < -0.39 is 22.0 Å². The third-order valence-corrected chi connectivity index (χ3v) is 6.87. The molecular formula is C19H29N3O6S. The minimum Gasteiger partial charge on any atom is -0.497 e. The van der Waals surface area contributed by atoms with E-state index in [2.05, 4.69) is 5.32 Å². The van der Waals surface area contributed by atoms with Gasteiger partial charge in [0.25, 0.3) is 5.91 Å². The van der Waals surface area contributed by atoms with Gasteiger partial charge in [-0.1, -0.05) is 13.8 Å². The Morgan fingerprint density at radius 3 is 2.48 bits per heavy atom. The van der Waals surface area contributed by atoms with Crippen LogP contribution in [0, 0.1) is 5.92 Å². The number of ether oxygens (including phenoxy) is 1. The maximum atomic E-state index is 13.1. The second kappa shape index (κ2) is 10.0. The van der Waals surface area contributed by atoms with Gasteiger partial charge in [-0.3, -0.25) is 14.8 Å². The monoisotopic (exact) mass is 427 g/mol. The maximum Gasteiger partial charge on any atom is 0.261 e. The molecule has 0 bridgehead atoms. The molecule has 0 aliphatic carbocycles. The van der Waals surface area contributed by atoms with Crippen molar-refractivity contribution < 1.29 is 28.0 Å². The third-order valence-electron chi connectivity index (χ3n) is 4.95. The summed E-state index contributed by atoms with van der Waals surface area (Å²) < 4.78 is 32.2. The second-order valence-corrected chi connectivity index (χ2v) is 9.40. The van der Waals surface area contributed by atoms with Gasteiger partial charge in [-0.15, -0.1) is 0 Å². The standard InChI is InChI=1S/C19H29N3O6S/c1-13(2)4-9-18(23)20-14-10-11-22(17(12-14)19(24)21-25)29(26,27)16-7-5-15(28-3)6-8-16/h5-8,13-14,17,25H,4,9-12H2,1-3H3,(H,20,23)(H,21,24)/t14-,17-/m1/s1. The van der Waals surface area contributed by atoms with Crippen molar-refractivity contribution >= 4 is 21.8 Å². The molecular weight excluding hydrogens is 398 g/mol. The van der Waals surface area contributed by atoms with Crippen molar-refractivity contribution in [1.82, 2.24) is 15.1 Å². The first-order valence-electron chi connectivity index (χ1n) is 9.58. The van der Waals surface area contributed by atoms with Crippen molar-refractivity contribution in [2.24, 2.45) is 5.92 Å².